The van der Waals surface area contributed by atoms with Crippen molar-refractivity contribution in [2.24, 2.45) is 5.73 Å². The Morgan fingerprint density at radius 1 is 1.35 bits per heavy atom. The molecule has 0 unspecified atom stereocenters. The van der Waals surface area contributed by atoms with Crippen molar-refractivity contribution < 1.29 is 9.53 Å². The van der Waals surface area contributed by atoms with E-state index in [1.165, 1.54) is 0 Å². The summed E-state index contributed by atoms with van der Waals surface area (Å²) < 4.78 is 5.63. The standard InChI is InChI=1S/C13H20N2O2/c1-10-4-3-5-11(2)13(10)17-9-6-12(16)15-8-7-14/h3-5H,6-9,14H2,1-2H3,(H,15,16). The number of hydrogen-bond donors (Lipinski definition) is 2. The number of nitrogens with one attached hydrogen (secondary N) is 1. The minimum atomic E-state index is -0.0262. The van der Waals surface area contributed by atoms with Crippen LogP contribution in [0.25, 0.3) is 0 Å². The van der Waals surface area contributed by atoms with Crippen molar-refractivity contribution in [3.05, 3.63) is 29.3 Å². The van der Waals surface area contributed by atoms with E-state index in [1.807, 2.05) is 32.0 Å². The first-order valence-corrected chi connectivity index (χ1v) is 5.81. The van der Waals surface area contributed by atoms with Crippen LogP contribution in [0.15, 0.2) is 18.2 Å². The Hall–Kier alpha value is -1.55. The van der Waals surface area contributed by atoms with Crippen LogP contribution in [-0.4, -0.2) is 25.6 Å². The monoisotopic (exact) mass is 236 g/mol. The van der Waals surface area contributed by atoms with Crippen LogP contribution in [0.5, 0.6) is 5.75 Å². The van der Waals surface area contributed by atoms with E-state index in [0.29, 0.717) is 26.1 Å². The highest BCUT2D eigenvalue weighted by Gasteiger charge is 2.05. The summed E-state index contributed by atoms with van der Waals surface area (Å²) in [7, 11) is 0. The Morgan fingerprint density at radius 3 is 2.59 bits per heavy atom. The molecule has 0 spiro atoms. The molecule has 3 N–H and O–H groups in total. The van der Waals surface area contributed by atoms with Crippen molar-refractivity contribution in [2.45, 2.75) is 20.3 Å². The van der Waals surface area contributed by atoms with Crippen LogP contribution in [0.1, 0.15) is 17.5 Å². The van der Waals surface area contributed by atoms with Crippen LogP contribution in [0, 0.1) is 13.8 Å². The molecule has 0 heterocycles. The Bertz CT molecular complexity index is 357. The number of hydrogen-bond acceptors (Lipinski definition) is 3. The number of rotatable bonds is 6. The Labute approximate surface area is 102 Å². The van der Waals surface area contributed by atoms with Crippen molar-refractivity contribution in [1.82, 2.24) is 5.32 Å². The molecule has 1 amide bonds. The molecule has 0 aliphatic heterocycles. The maximum atomic E-state index is 11.3. The fourth-order valence-corrected chi connectivity index (χ4v) is 1.57. The Morgan fingerprint density at radius 2 is 2.00 bits per heavy atom. The quantitative estimate of drug-likeness (QED) is 0.778. The van der Waals surface area contributed by atoms with Gasteiger partial charge in [0, 0.05) is 13.1 Å². The van der Waals surface area contributed by atoms with Gasteiger partial charge < -0.3 is 15.8 Å². The fraction of sp³-hybridized carbons (Fsp3) is 0.462. The third kappa shape index (κ3) is 4.44. The van der Waals surface area contributed by atoms with Gasteiger partial charge in [-0.05, 0) is 25.0 Å². The van der Waals surface area contributed by atoms with Gasteiger partial charge in [-0.1, -0.05) is 18.2 Å². The SMILES string of the molecule is Cc1cccc(C)c1OCCC(=O)NCCN. The molecule has 1 aromatic carbocycles. The van der Waals surface area contributed by atoms with Crippen LogP contribution in [-0.2, 0) is 4.79 Å². The van der Waals surface area contributed by atoms with Gasteiger partial charge in [0.25, 0.3) is 0 Å². The number of carbonyl (C=O) groups is 1. The van der Waals surface area contributed by atoms with Gasteiger partial charge in [0.2, 0.25) is 5.91 Å². The molecule has 0 atom stereocenters. The number of nitrogens with two attached hydrogens (primary N) is 1. The van der Waals surface area contributed by atoms with Crippen molar-refractivity contribution >= 4 is 5.91 Å². The van der Waals surface area contributed by atoms with E-state index in [9.17, 15) is 4.79 Å². The molecule has 0 bridgehead atoms. The third-order valence-electron chi connectivity index (χ3n) is 2.45. The van der Waals surface area contributed by atoms with Crippen LogP contribution >= 0.6 is 0 Å². The van der Waals surface area contributed by atoms with E-state index < -0.39 is 0 Å². The average molecular weight is 236 g/mol. The van der Waals surface area contributed by atoms with Crippen molar-refractivity contribution in [3.63, 3.8) is 0 Å². The molecular formula is C13H20N2O2. The predicted octanol–water partition coefficient (Wildman–Crippen LogP) is 1.15. The molecule has 1 aromatic rings. The summed E-state index contributed by atoms with van der Waals surface area (Å²) in [5.41, 5.74) is 7.47. The first kappa shape index (κ1) is 13.5. The molecule has 17 heavy (non-hydrogen) atoms. The molecule has 4 nitrogen and oxygen atoms in total. The molecule has 0 saturated carbocycles. The highest BCUT2D eigenvalue weighted by molar-refractivity contribution is 5.75. The lowest BCUT2D eigenvalue weighted by atomic mass is 10.1. The number of benzene rings is 1. The minimum Gasteiger partial charge on any atom is -0.493 e. The molecule has 4 heteroatoms. The molecular weight excluding hydrogens is 216 g/mol. The van der Waals surface area contributed by atoms with Gasteiger partial charge in [0.05, 0.1) is 13.0 Å². The summed E-state index contributed by atoms with van der Waals surface area (Å²) in [5.74, 6) is 0.848. The van der Waals surface area contributed by atoms with E-state index in [4.69, 9.17) is 10.5 Å². The highest BCUT2D eigenvalue weighted by Crippen LogP contribution is 2.22. The molecule has 0 saturated heterocycles. The summed E-state index contributed by atoms with van der Waals surface area (Å²) in [5, 5.41) is 2.70. The largest absolute Gasteiger partial charge is 0.493 e. The summed E-state index contributed by atoms with van der Waals surface area (Å²) in [4.78, 5) is 11.3. The van der Waals surface area contributed by atoms with Crippen LogP contribution in [0.3, 0.4) is 0 Å². The average Bonchev–Trinajstić information content (AvgIpc) is 2.30. The maximum Gasteiger partial charge on any atom is 0.223 e. The lowest BCUT2D eigenvalue weighted by Gasteiger charge is -2.11. The van der Waals surface area contributed by atoms with Crippen molar-refractivity contribution in [1.29, 1.82) is 0 Å². The smallest absolute Gasteiger partial charge is 0.223 e. The Kier molecular flexibility index (Phi) is 5.49. The van der Waals surface area contributed by atoms with Crippen LogP contribution in [0.2, 0.25) is 0 Å². The molecule has 0 fully saturated rings. The van der Waals surface area contributed by atoms with E-state index >= 15 is 0 Å². The predicted molar refractivity (Wildman–Crippen MR) is 68.1 cm³/mol. The molecule has 1 rings (SSSR count). The number of carbonyl (C=O) groups excluding carboxylic acids is 1. The Balaban J connectivity index is 2.38. The summed E-state index contributed by atoms with van der Waals surface area (Å²) in [6.07, 6.45) is 0.355. The second kappa shape index (κ2) is 6.91. The van der Waals surface area contributed by atoms with Gasteiger partial charge >= 0.3 is 0 Å². The lowest BCUT2D eigenvalue weighted by Crippen LogP contribution is -2.29. The third-order valence-corrected chi connectivity index (χ3v) is 2.45. The van der Waals surface area contributed by atoms with E-state index in [0.717, 1.165) is 16.9 Å². The number of para-hydroxylation sites is 1. The second-order valence-electron chi connectivity index (χ2n) is 3.96. The van der Waals surface area contributed by atoms with Gasteiger partial charge in [-0.3, -0.25) is 4.79 Å². The van der Waals surface area contributed by atoms with Crippen molar-refractivity contribution in [2.75, 3.05) is 19.7 Å². The normalized spacial score (nSPS) is 10.1. The summed E-state index contributed by atoms with van der Waals surface area (Å²) in [6.45, 7) is 5.36. The molecule has 0 aromatic heterocycles. The maximum absolute atomic E-state index is 11.3. The van der Waals surface area contributed by atoms with Gasteiger partial charge in [0.1, 0.15) is 5.75 Å². The van der Waals surface area contributed by atoms with Crippen molar-refractivity contribution in [3.8, 4) is 5.75 Å². The summed E-state index contributed by atoms with van der Waals surface area (Å²) in [6, 6.07) is 5.99. The summed E-state index contributed by atoms with van der Waals surface area (Å²) >= 11 is 0. The van der Waals surface area contributed by atoms with Crippen LogP contribution in [0.4, 0.5) is 0 Å². The zero-order valence-corrected chi connectivity index (χ0v) is 10.5. The van der Waals surface area contributed by atoms with Gasteiger partial charge in [-0.2, -0.15) is 0 Å². The highest BCUT2D eigenvalue weighted by atomic mass is 16.5. The number of aryl methyl sites for hydroxylation is 2. The van der Waals surface area contributed by atoms with E-state index in [-0.39, 0.29) is 5.91 Å². The van der Waals surface area contributed by atoms with Crippen LogP contribution < -0.4 is 15.8 Å². The zero-order valence-electron chi connectivity index (χ0n) is 10.5. The molecule has 94 valence electrons. The van der Waals surface area contributed by atoms with Gasteiger partial charge in [-0.15, -0.1) is 0 Å². The first-order chi connectivity index (χ1) is 8.15. The van der Waals surface area contributed by atoms with E-state index in [2.05, 4.69) is 5.32 Å². The molecule has 0 aliphatic rings. The zero-order chi connectivity index (χ0) is 12.7. The second-order valence-corrected chi connectivity index (χ2v) is 3.96. The fourth-order valence-electron chi connectivity index (χ4n) is 1.57. The van der Waals surface area contributed by atoms with Gasteiger partial charge in [-0.25, -0.2) is 0 Å². The molecule has 0 aliphatic carbocycles. The number of ether oxygens (including phenoxy) is 1. The topological polar surface area (TPSA) is 64.3 Å². The first-order valence-electron chi connectivity index (χ1n) is 5.81. The van der Waals surface area contributed by atoms with E-state index in [1.54, 1.807) is 0 Å². The number of amides is 1. The minimum absolute atomic E-state index is 0.0262. The lowest BCUT2D eigenvalue weighted by molar-refractivity contribution is -0.121. The van der Waals surface area contributed by atoms with Gasteiger partial charge in [0.15, 0.2) is 0 Å². The molecule has 0 radical (unpaired) electrons.